The van der Waals surface area contributed by atoms with Crippen LogP contribution in [0.15, 0.2) is 29.2 Å². The van der Waals surface area contributed by atoms with Gasteiger partial charge in [0.2, 0.25) is 10.0 Å². The highest BCUT2D eigenvalue weighted by atomic mass is 32.2. The van der Waals surface area contributed by atoms with E-state index in [4.69, 9.17) is 9.47 Å². The summed E-state index contributed by atoms with van der Waals surface area (Å²) in [5.74, 6) is 1.02. The Morgan fingerprint density at radius 2 is 1.88 bits per heavy atom. The van der Waals surface area contributed by atoms with Gasteiger partial charge in [-0.1, -0.05) is 0 Å². The first-order valence-corrected chi connectivity index (χ1v) is 9.71. The van der Waals surface area contributed by atoms with Crippen LogP contribution in [0.1, 0.15) is 13.3 Å². The predicted octanol–water partition coefficient (Wildman–Crippen LogP) is 1.42. The van der Waals surface area contributed by atoms with Crippen molar-refractivity contribution in [2.75, 3.05) is 34.4 Å². The Bertz CT molecular complexity index is 676. The number of rotatable bonds is 5. The maximum Gasteiger partial charge on any atom is 0.243 e. The summed E-state index contributed by atoms with van der Waals surface area (Å²) in [6.45, 7) is 3.21. The van der Waals surface area contributed by atoms with Gasteiger partial charge < -0.3 is 9.47 Å². The fraction of sp³-hybridized carbons (Fsp3) is 0.647. The summed E-state index contributed by atoms with van der Waals surface area (Å²) < 4.78 is 38.4. The first kappa shape index (κ1) is 17.7. The Kier molecular flexibility index (Phi) is 4.88. The van der Waals surface area contributed by atoms with Crippen molar-refractivity contribution in [3.05, 3.63) is 24.3 Å². The van der Waals surface area contributed by atoms with E-state index >= 15 is 0 Å². The molecule has 7 heteroatoms. The minimum Gasteiger partial charge on any atom is -0.497 e. The van der Waals surface area contributed by atoms with Crippen LogP contribution < -0.4 is 4.74 Å². The van der Waals surface area contributed by atoms with E-state index < -0.39 is 10.0 Å². The van der Waals surface area contributed by atoms with Gasteiger partial charge in [-0.2, -0.15) is 4.31 Å². The van der Waals surface area contributed by atoms with Crippen molar-refractivity contribution in [1.29, 1.82) is 0 Å². The largest absolute Gasteiger partial charge is 0.497 e. The van der Waals surface area contributed by atoms with Gasteiger partial charge in [-0.15, -0.1) is 0 Å². The highest BCUT2D eigenvalue weighted by Crippen LogP contribution is 2.39. The molecule has 3 rings (SSSR count). The van der Waals surface area contributed by atoms with Crippen LogP contribution in [-0.2, 0) is 14.8 Å². The molecule has 0 aliphatic carbocycles. The van der Waals surface area contributed by atoms with Crippen molar-refractivity contribution >= 4 is 10.0 Å². The lowest BCUT2D eigenvalue weighted by Crippen LogP contribution is -2.59. The van der Waals surface area contributed by atoms with E-state index in [9.17, 15) is 8.42 Å². The van der Waals surface area contributed by atoms with Crippen LogP contribution in [0, 0.1) is 5.92 Å². The minimum absolute atomic E-state index is 0.0824. The highest BCUT2D eigenvalue weighted by Gasteiger charge is 2.51. The summed E-state index contributed by atoms with van der Waals surface area (Å²) in [6.07, 6.45) is 0.980. The predicted molar refractivity (Wildman–Crippen MR) is 91.7 cm³/mol. The van der Waals surface area contributed by atoms with Gasteiger partial charge in [0.1, 0.15) is 5.75 Å². The molecule has 24 heavy (non-hydrogen) atoms. The number of benzene rings is 1. The van der Waals surface area contributed by atoms with E-state index in [1.54, 1.807) is 42.8 Å². The van der Waals surface area contributed by atoms with E-state index in [1.165, 1.54) is 0 Å². The molecule has 2 fully saturated rings. The van der Waals surface area contributed by atoms with Crippen molar-refractivity contribution in [1.82, 2.24) is 9.21 Å². The van der Waals surface area contributed by atoms with Crippen LogP contribution in [0.4, 0.5) is 0 Å². The molecule has 0 aromatic heterocycles. The third kappa shape index (κ3) is 2.83. The number of sulfonamides is 1. The molecule has 0 N–H and O–H groups in total. The fourth-order valence-corrected chi connectivity index (χ4v) is 5.98. The molecule has 1 aromatic rings. The molecule has 4 atom stereocenters. The van der Waals surface area contributed by atoms with Crippen LogP contribution in [0.2, 0.25) is 0 Å². The van der Waals surface area contributed by atoms with E-state index in [0.717, 1.165) is 6.42 Å². The number of ether oxygens (including phenoxy) is 2. The Hall–Kier alpha value is -1.15. The quantitative estimate of drug-likeness (QED) is 0.800. The van der Waals surface area contributed by atoms with Crippen LogP contribution in [0.25, 0.3) is 0 Å². The maximum absolute atomic E-state index is 13.1. The normalized spacial score (nSPS) is 31.3. The minimum atomic E-state index is -3.51. The summed E-state index contributed by atoms with van der Waals surface area (Å²) >= 11 is 0. The number of hydrogen-bond acceptors (Lipinski definition) is 5. The molecule has 2 aliphatic rings. The van der Waals surface area contributed by atoms with Crippen molar-refractivity contribution in [3.63, 3.8) is 0 Å². The zero-order valence-corrected chi connectivity index (χ0v) is 15.5. The third-order valence-corrected chi connectivity index (χ3v) is 7.46. The zero-order chi connectivity index (χ0) is 17.5. The van der Waals surface area contributed by atoms with E-state index in [0.29, 0.717) is 29.7 Å². The smallest absolute Gasteiger partial charge is 0.243 e. The van der Waals surface area contributed by atoms with Crippen LogP contribution >= 0.6 is 0 Å². The van der Waals surface area contributed by atoms with Gasteiger partial charge in [-0.05, 0) is 44.7 Å². The van der Waals surface area contributed by atoms with Gasteiger partial charge in [0.25, 0.3) is 0 Å². The third-order valence-electron chi connectivity index (χ3n) is 5.49. The molecule has 0 saturated carbocycles. The lowest BCUT2D eigenvalue weighted by atomic mass is 9.96. The molecular formula is C17H26N2O4S. The Morgan fingerprint density at radius 3 is 2.46 bits per heavy atom. The number of piperazine rings is 1. The Morgan fingerprint density at radius 1 is 1.21 bits per heavy atom. The average Bonchev–Trinajstić information content (AvgIpc) is 2.78. The lowest BCUT2D eigenvalue weighted by Gasteiger charge is -2.44. The summed E-state index contributed by atoms with van der Waals surface area (Å²) in [5, 5.41) is 0. The van der Waals surface area contributed by atoms with Gasteiger partial charge in [0.05, 0.1) is 18.6 Å². The van der Waals surface area contributed by atoms with E-state index in [-0.39, 0.29) is 18.1 Å². The molecule has 0 radical (unpaired) electrons. The van der Waals surface area contributed by atoms with Crippen LogP contribution in [0.5, 0.6) is 5.75 Å². The highest BCUT2D eigenvalue weighted by molar-refractivity contribution is 7.89. The molecule has 1 unspecified atom stereocenters. The van der Waals surface area contributed by atoms with Crippen molar-refractivity contribution in [2.45, 2.75) is 36.4 Å². The second kappa shape index (κ2) is 6.63. The van der Waals surface area contributed by atoms with Gasteiger partial charge in [0.15, 0.2) is 0 Å². The standard InChI is InChI=1S/C17H26N2O4S/c1-12-17-13(11-22-3)9-14(18(17)2)10-19(12)24(20,21)16-7-5-15(23-4)6-8-16/h5-8,12-14,17H,9-11H2,1-4H3/t12?,13-,14-,17-/m1/s1. The molecule has 2 heterocycles. The van der Waals surface area contributed by atoms with Crippen molar-refractivity contribution < 1.29 is 17.9 Å². The summed E-state index contributed by atoms with van der Waals surface area (Å²) in [4.78, 5) is 2.65. The molecule has 2 aliphatic heterocycles. The molecule has 134 valence electrons. The van der Waals surface area contributed by atoms with Crippen LogP contribution in [-0.4, -0.2) is 70.2 Å². The molecule has 2 saturated heterocycles. The topological polar surface area (TPSA) is 59.1 Å². The monoisotopic (exact) mass is 354 g/mol. The van der Waals surface area contributed by atoms with Crippen molar-refractivity contribution in [2.24, 2.45) is 5.92 Å². The first-order chi connectivity index (χ1) is 11.4. The van der Waals surface area contributed by atoms with Gasteiger partial charge in [-0.3, -0.25) is 4.90 Å². The van der Waals surface area contributed by atoms with Crippen LogP contribution in [0.3, 0.4) is 0 Å². The zero-order valence-electron chi connectivity index (χ0n) is 14.7. The maximum atomic E-state index is 13.1. The molecular weight excluding hydrogens is 328 g/mol. The summed E-state index contributed by atoms with van der Waals surface area (Å²) in [7, 11) is 1.86. The second-order valence-corrected chi connectivity index (χ2v) is 8.64. The van der Waals surface area contributed by atoms with Gasteiger partial charge in [-0.25, -0.2) is 8.42 Å². The fourth-order valence-electron chi connectivity index (χ4n) is 4.29. The van der Waals surface area contributed by atoms with Gasteiger partial charge >= 0.3 is 0 Å². The number of nitrogens with zero attached hydrogens (tertiary/aromatic N) is 2. The number of fused-ring (bicyclic) bond motifs is 2. The Labute approximate surface area is 144 Å². The number of hydrogen-bond donors (Lipinski definition) is 0. The van der Waals surface area contributed by atoms with E-state index in [2.05, 4.69) is 11.9 Å². The molecule has 0 spiro atoms. The number of methoxy groups -OCH3 is 2. The van der Waals surface area contributed by atoms with E-state index in [1.807, 2.05) is 6.92 Å². The molecule has 2 bridgehead atoms. The molecule has 1 aromatic carbocycles. The Balaban J connectivity index is 1.89. The molecule has 0 amide bonds. The first-order valence-electron chi connectivity index (χ1n) is 8.27. The number of likely N-dealkylation sites (N-methyl/N-ethyl adjacent to an activating group) is 1. The lowest BCUT2D eigenvalue weighted by molar-refractivity contribution is 0.0624. The second-order valence-electron chi connectivity index (χ2n) is 6.75. The summed E-state index contributed by atoms with van der Waals surface area (Å²) in [5.41, 5.74) is 0. The molecule has 6 nitrogen and oxygen atoms in total. The summed E-state index contributed by atoms with van der Waals surface area (Å²) in [6, 6.07) is 6.98. The van der Waals surface area contributed by atoms with Crippen molar-refractivity contribution in [3.8, 4) is 5.75 Å². The van der Waals surface area contributed by atoms with Gasteiger partial charge in [0, 0.05) is 37.7 Å². The SMILES string of the molecule is COC[C@H]1C[C@@H]2CN(S(=O)(=O)c3ccc(OC)cc3)C(C)[C@H]1N2C. The average molecular weight is 354 g/mol.